The van der Waals surface area contributed by atoms with Crippen LogP contribution in [0.4, 0.5) is 0 Å². The fourth-order valence-corrected chi connectivity index (χ4v) is 1.14. The molecule has 0 spiro atoms. The Labute approximate surface area is 89.8 Å². The van der Waals surface area contributed by atoms with Crippen LogP contribution in [0.15, 0.2) is 29.3 Å². The zero-order valence-corrected chi connectivity index (χ0v) is 9.28. The molecular formula is C12H15NO2. The molecule has 0 saturated heterocycles. The molecule has 0 unspecified atom stereocenters. The van der Waals surface area contributed by atoms with Crippen molar-refractivity contribution in [2.75, 3.05) is 6.61 Å². The number of carbonyl (C=O) groups excluding carboxylic acids is 1. The lowest BCUT2D eigenvalue weighted by Crippen LogP contribution is -2.04. The van der Waals surface area contributed by atoms with Gasteiger partial charge in [0.1, 0.15) is 0 Å². The Balaban J connectivity index is 2.77. The number of nitrogens with zero attached hydrogens (tertiary/aromatic N) is 1. The summed E-state index contributed by atoms with van der Waals surface area (Å²) in [7, 11) is 0. The van der Waals surface area contributed by atoms with Gasteiger partial charge in [-0.1, -0.05) is 17.7 Å². The number of hydrogen-bond donors (Lipinski definition) is 0. The summed E-state index contributed by atoms with van der Waals surface area (Å²) in [4.78, 5) is 15.4. The smallest absolute Gasteiger partial charge is 0.279 e. The largest absolute Gasteiger partial charge is 0.481 e. The van der Waals surface area contributed by atoms with E-state index in [9.17, 15) is 4.79 Å². The topological polar surface area (TPSA) is 38.7 Å². The van der Waals surface area contributed by atoms with Crippen LogP contribution in [-0.4, -0.2) is 18.4 Å². The second-order valence-electron chi connectivity index (χ2n) is 3.24. The maximum Gasteiger partial charge on any atom is 0.279 e. The summed E-state index contributed by atoms with van der Waals surface area (Å²) in [5.41, 5.74) is 1.71. The van der Waals surface area contributed by atoms with Crippen molar-refractivity contribution in [2.45, 2.75) is 20.8 Å². The third-order valence-corrected chi connectivity index (χ3v) is 1.91. The van der Waals surface area contributed by atoms with Gasteiger partial charge in [0.05, 0.1) is 6.61 Å². The van der Waals surface area contributed by atoms with Crippen LogP contribution in [0.3, 0.4) is 0 Å². The van der Waals surface area contributed by atoms with E-state index in [0.717, 1.165) is 5.56 Å². The van der Waals surface area contributed by atoms with Gasteiger partial charge in [0.2, 0.25) is 0 Å². The molecule has 0 fully saturated rings. The average molecular weight is 205 g/mol. The Kier molecular flexibility index (Phi) is 4.03. The number of hydrogen-bond acceptors (Lipinski definition) is 2. The standard InChI is InChI=1S/C12H15NO2/c1-4-15-10(3)13-12(14)11-7-5-9(2)6-8-11/h5-8H,4H2,1-3H3. The number of carbonyl (C=O) groups is 1. The van der Waals surface area contributed by atoms with Crippen LogP contribution < -0.4 is 0 Å². The van der Waals surface area contributed by atoms with Gasteiger partial charge in [-0.15, -0.1) is 0 Å². The molecule has 0 radical (unpaired) electrons. The third-order valence-electron chi connectivity index (χ3n) is 1.91. The van der Waals surface area contributed by atoms with E-state index >= 15 is 0 Å². The molecule has 3 nitrogen and oxygen atoms in total. The van der Waals surface area contributed by atoms with Crippen LogP contribution in [0.5, 0.6) is 0 Å². The van der Waals surface area contributed by atoms with Crippen molar-refractivity contribution in [1.29, 1.82) is 0 Å². The van der Waals surface area contributed by atoms with Crippen LogP contribution in [0.2, 0.25) is 0 Å². The van der Waals surface area contributed by atoms with Gasteiger partial charge in [0.25, 0.3) is 5.91 Å². The molecule has 0 atom stereocenters. The van der Waals surface area contributed by atoms with Crippen molar-refractivity contribution in [2.24, 2.45) is 4.99 Å². The number of benzene rings is 1. The van der Waals surface area contributed by atoms with Gasteiger partial charge in [-0.3, -0.25) is 4.79 Å². The van der Waals surface area contributed by atoms with Crippen LogP contribution in [0.25, 0.3) is 0 Å². The van der Waals surface area contributed by atoms with E-state index < -0.39 is 0 Å². The minimum Gasteiger partial charge on any atom is -0.481 e. The zero-order valence-electron chi connectivity index (χ0n) is 9.28. The molecule has 0 heterocycles. The van der Waals surface area contributed by atoms with Crippen molar-refractivity contribution in [3.63, 3.8) is 0 Å². The van der Waals surface area contributed by atoms with Crippen molar-refractivity contribution in [3.05, 3.63) is 35.4 Å². The quantitative estimate of drug-likeness (QED) is 0.550. The molecular weight excluding hydrogens is 190 g/mol. The molecule has 0 aliphatic rings. The van der Waals surface area contributed by atoms with Crippen molar-refractivity contribution >= 4 is 11.8 Å². The molecule has 15 heavy (non-hydrogen) atoms. The maximum absolute atomic E-state index is 11.6. The van der Waals surface area contributed by atoms with E-state index in [4.69, 9.17) is 4.74 Å². The molecule has 0 aromatic heterocycles. The maximum atomic E-state index is 11.6. The third kappa shape index (κ3) is 3.54. The molecule has 0 bridgehead atoms. The minimum atomic E-state index is -0.263. The van der Waals surface area contributed by atoms with Crippen LogP contribution in [-0.2, 0) is 4.74 Å². The highest BCUT2D eigenvalue weighted by Crippen LogP contribution is 2.04. The van der Waals surface area contributed by atoms with Crippen molar-refractivity contribution < 1.29 is 9.53 Å². The second-order valence-corrected chi connectivity index (χ2v) is 3.24. The summed E-state index contributed by atoms with van der Waals surface area (Å²) in [6.45, 7) is 6.03. The Hall–Kier alpha value is -1.64. The Morgan fingerprint density at radius 2 is 1.93 bits per heavy atom. The Bertz CT molecular complexity index is 366. The van der Waals surface area contributed by atoms with Crippen LogP contribution >= 0.6 is 0 Å². The van der Waals surface area contributed by atoms with Crippen molar-refractivity contribution in [1.82, 2.24) is 0 Å². The molecule has 0 aliphatic heterocycles. The fraction of sp³-hybridized carbons (Fsp3) is 0.333. The van der Waals surface area contributed by atoms with Crippen LogP contribution in [0.1, 0.15) is 29.8 Å². The first-order chi connectivity index (χ1) is 7.13. The van der Waals surface area contributed by atoms with Crippen molar-refractivity contribution in [3.8, 4) is 0 Å². The highest BCUT2D eigenvalue weighted by molar-refractivity contribution is 6.01. The molecule has 0 aliphatic carbocycles. The van der Waals surface area contributed by atoms with E-state index in [2.05, 4.69) is 4.99 Å². The second kappa shape index (κ2) is 5.29. The van der Waals surface area contributed by atoms with E-state index in [1.54, 1.807) is 19.1 Å². The average Bonchev–Trinajstić information content (AvgIpc) is 2.18. The zero-order chi connectivity index (χ0) is 11.3. The van der Waals surface area contributed by atoms with Crippen LogP contribution in [0, 0.1) is 6.92 Å². The summed E-state index contributed by atoms with van der Waals surface area (Å²) in [6.07, 6.45) is 0. The van der Waals surface area contributed by atoms with Gasteiger partial charge >= 0.3 is 0 Å². The molecule has 3 heteroatoms. The van der Waals surface area contributed by atoms with Gasteiger partial charge < -0.3 is 4.74 Å². The highest BCUT2D eigenvalue weighted by Gasteiger charge is 2.03. The first-order valence-corrected chi connectivity index (χ1v) is 4.92. The van der Waals surface area contributed by atoms with E-state index in [-0.39, 0.29) is 5.91 Å². The number of amides is 1. The van der Waals surface area contributed by atoms with E-state index in [1.807, 2.05) is 26.0 Å². The molecule has 1 rings (SSSR count). The molecule has 1 aromatic rings. The lowest BCUT2D eigenvalue weighted by Gasteiger charge is -2.01. The summed E-state index contributed by atoms with van der Waals surface area (Å²) in [6, 6.07) is 7.30. The van der Waals surface area contributed by atoms with Gasteiger partial charge in [0, 0.05) is 12.5 Å². The van der Waals surface area contributed by atoms with Gasteiger partial charge in [-0.25, -0.2) is 0 Å². The molecule has 0 saturated carbocycles. The number of aryl methyl sites for hydroxylation is 1. The lowest BCUT2D eigenvalue weighted by molar-refractivity contribution is 0.0999. The summed E-state index contributed by atoms with van der Waals surface area (Å²) in [5, 5.41) is 0. The first-order valence-electron chi connectivity index (χ1n) is 4.92. The lowest BCUT2D eigenvalue weighted by atomic mass is 10.1. The minimum absolute atomic E-state index is 0.263. The molecule has 80 valence electrons. The number of aliphatic imine (C=N–C) groups is 1. The predicted octanol–water partition coefficient (Wildman–Crippen LogP) is 2.59. The Morgan fingerprint density at radius 3 is 2.47 bits per heavy atom. The number of rotatable bonds is 2. The van der Waals surface area contributed by atoms with E-state index in [0.29, 0.717) is 18.1 Å². The Morgan fingerprint density at radius 1 is 1.33 bits per heavy atom. The van der Waals surface area contributed by atoms with Gasteiger partial charge in [-0.05, 0) is 26.0 Å². The summed E-state index contributed by atoms with van der Waals surface area (Å²) >= 11 is 0. The normalized spacial score (nSPS) is 11.3. The van der Waals surface area contributed by atoms with Gasteiger partial charge in [-0.2, -0.15) is 4.99 Å². The molecule has 1 aromatic carbocycles. The first kappa shape index (κ1) is 11.4. The molecule has 1 amide bonds. The molecule has 0 N–H and O–H groups in total. The highest BCUT2D eigenvalue weighted by atomic mass is 16.5. The van der Waals surface area contributed by atoms with Gasteiger partial charge in [0.15, 0.2) is 5.90 Å². The predicted molar refractivity (Wildman–Crippen MR) is 60.2 cm³/mol. The van der Waals surface area contributed by atoms with E-state index in [1.165, 1.54) is 0 Å². The fourth-order valence-electron chi connectivity index (χ4n) is 1.14. The SMILES string of the molecule is CCOC(C)=NC(=O)c1ccc(C)cc1. The summed E-state index contributed by atoms with van der Waals surface area (Å²) in [5.74, 6) is 0.143. The number of ether oxygens (including phenoxy) is 1. The summed E-state index contributed by atoms with van der Waals surface area (Å²) < 4.78 is 5.09. The monoisotopic (exact) mass is 205 g/mol.